The summed E-state index contributed by atoms with van der Waals surface area (Å²) in [5, 5.41) is 0. The van der Waals surface area contributed by atoms with Gasteiger partial charge in [-0.1, -0.05) is 12.1 Å². The van der Waals surface area contributed by atoms with Gasteiger partial charge in [0.2, 0.25) is 0 Å². The van der Waals surface area contributed by atoms with Gasteiger partial charge in [0.25, 0.3) is 0 Å². The maximum Gasteiger partial charge on any atom is 0.410 e. The van der Waals surface area contributed by atoms with Crippen molar-refractivity contribution in [3.63, 3.8) is 0 Å². The lowest BCUT2D eigenvalue weighted by atomic mass is 10.1. The van der Waals surface area contributed by atoms with Gasteiger partial charge >= 0.3 is 6.09 Å². The summed E-state index contributed by atoms with van der Waals surface area (Å²) in [4.78, 5) is 14.2. The van der Waals surface area contributed by atoms with Crippen molar-refractivity contribution >= 4 is 11.8 Å². The van der Waals surface area contributed by atoms with Gasteiger partial charge in [-0.3, -0.25) is 4.90 Å². The summed E-state index contributed by atoms with van der Waals surface area (Å²) < 4.78 is 16.3. The van der Waals surface area contributed by atoms with Crippen molar-refractivity contribution in [1.29, 1.82) is 0 Å². The molecule has 0 saturated heterocycles. The molecule has 0 aliphatic carbocycles. The van der Waals surface area contributed by atoms with E-state index < -0.39 is 5.54 Å². The van der Waals surface area contributed by atoms with Gasteiger partial charge < -0.3 is 19.9 Å². The number of amides is 1. The summed E-state index contributed by atoms with van der Waals surface area (Å²) in [5.74, 6) is 1.49. The van der Waals surface area contributed by atoms with Crippen LogP contribution in [-0.4, -0.2) is 36.8 Å². The highest BCUT2D eigenvalue weighted by atomic mass is 16.6. The number of carbonyl (C=O) groups excluding carboxylic acids is 1. The number of nitrogens with zero attached hydrogens (tertiary/aromatic N) is 1. The summed E-state index contributed by atoms with van der Waals surface area (Å²) in [6.45, 7) is 6.82. The Kier molecular flexibility index (Phi) is 6.93. The van der Waals surface area contributed by atoms with Crippen molar-refractivity contribution in [2.24, 2.45) is 0 Å². The number of carbonyl (C=O) groups is 1. The minimum absolute atomic E-state index is 0.176. The van der Waals surface area contributed by atoms with E-state index in [1.165, 1.54) is 0 Å². The van der Waals surface area contributed by atoms with Crippen LogP contribution in [0.4, 0.5) is 10.5 Å². The fourth-order valence-corrected chi connectivity index (χ4v) is 2.53. The van der Waals surface area contributed by atoms with Crippen LogP contribution in [0, 0.1) is 0 Å². The minimum Gasteiger partial charge on any atom is -0.497 e. The molecule has 6 heteroatoms. The van der Waals surface area contributed by atoms with Crippen LogP contribution in [0.1, 0.15) is 26.3 Å². The summed E-state index contributed by atoms with van der Waals surface area (Å²) in [6, 6.07) is 14.6. The molecule has 0 aliphatic heterocycles. The van der Waals surface area contributed by atoms with Gasteiger partial charge in [-0.2, -0.15) is 0 Å². The lowest BCUT2D eigenvalue weighted by molar-refractivity contribution is 0.0556. The van der Waals surface area contributed by atoms with Gasteiger partial charge in [0.05, 0.1) is 13.7 Å². The zero-order valence-corrected chi connectivity index (χ0v) is 16.4. The first-order valence-electron chi connectivity index (χ1n) is 8.85. The third-order valence-electron chi connectivity index (χ3n) is 3.99. The van der Waals surface area contributed by atoms with Crippen LogP contribution in [0.15, 0.2) is 48.5 Å². The predicted molar refractivity (Wildman–Crippen MR) is 106 cm³/mol. The average Bonchev–Trinajstić information content (AvgIpc) is 2.63. The number of nitrogens with two attached hydrogens (primary N) is 1. The first-order chi connectivity index (χ1) is 12.8. The van der Waals surface area contributed by atoms with Crippen molar-refractivity contribution in [3.05, 3.63) is 54.1 Å². The molecule has 0 heterocycles. The van der Waals surface area contributed by atoms with Gasteiger partial charge in [0, 0.05) is 11.2 Å². The van der Waals surface area contributed by atoms with E-state index >= 15 is 0 Å². The van der Waals surface area contributed by atoms with E-state index in [0.717, 1.165) is 17.1 Å². The van der Waals surface area contributed by atoms with Gasteiger partial charge in [0.1, 0.15) is 24.7 Å². The molecule has 0 spiro atoms. The van der Waals surface area contributed by atoms with E-state index in [0.29, 0.717) is 18.8 Å². The highest BCUT2D eigenvalue weighted by Crippen LogP contribution is 2.19. The number of methoxy groups -OCH3 is 1. The molecule has 0 radical (unpaired) electrons. The molecular weight excluding hydrogens is 344 g/mol. The third-order valence-corrected chi connectivity index (χ3v) is 3.99. The Morgan fingerprint density at radius 1 is 1.07 bits per heavy atom. The second kappa shape index (κ2) is 9.16. The maximum atomic E-state index is 12.6. The molecule has 0 bridgehead atoms. The predicted octanol–water partition coefficient (Wildman–Crippen LogP) is 4.09. The van der Waals surface area contributed by atoms with Crippen LogP contribution in [0.25, 0.3) is 0 Å². The molecule has 0 atom stereocenters. The number of rotatable bonds is 7. The Labute approximate surface area is 160 Å². The largest absolute Gasteiger partial charge is 0.497 e. The molecule has 0 fully saturated rings. The van der Waals surface area contributed by atoms with Gasteiger partial charge in [-0.25, -0.2) is 4.79 Å². The van der Waals surface area contributed by atoms with Gasteiger partial charge in [0.15, 0.2) is 0 Å². The molecular formula is C21H28N2O4. The number of anilines is 1. The van der Waals surface area contributed by atoms with Crippen molar-refractivity contribution in [2.75, 3.05) is 26.0 Å². The lowest BCUT2D eigenvalue weighted by Crippen LogP contribution is -2.47. The Morgan fingerprint density at radius 3 is 2.33 bits per heavy atom. The van der Waals surface area contributed by atoms with Crippen LogP contribution >= 0.6 is 0 Å². The summed E-state index contributed by atoms with van der Waals surface area (Å²) in [7, 11) is 1.62. The van der Waals surface area contributed by atoms with Crippen molar-refractivity contribution in [2.45, 2.75) is 32.9 Å². The van der Waals surface area contributed by atoms with Crippen molar-refractivity contribution in [1.82, 2.24) is 4.90 Å². The molecule has 0 aromatic heterocycles. The maximum absolute atomic E-state index is 12.6. The Balaban J connectivity index is 1.90. The number of hydrogen-bond acceptors (Lipinski definition) is 5. The second-order valence-electron chi connectivity index (χ2n) is 7.15. The molecule has 2 aromatic rings. The first-order valence-corrected chi connectivity index (χ1v) is 8.85. The number of nitrogen functional groups attached to an aromatic ring is 1. The van der Waals surface area contributed by atoms with E-state index in [4.69, 9.17) is 19.9 Å². The molecule has 0 saturated carbocycles. The zero-order chi connectivity index (χ0) is 19.9. The quantitative estimate of drug-likeness (QED) is 0.741. The van der Waals surface area contributed by atoms with Crippen LogP contribution in [0.5, 0.6) is 11.5 Å². The van der Waals surface area contributed by atoms with Crippen LogP contribution in [0.3, 0.4) is 0 Å². The summed E-state index contributed by atoms with van der Waals surface area (Å²) in [5.41, 5.74) is 6.86. The minimum atomic E-state index is -0.393. The van der Waals surface area contributed by atoms with Crippen molar-refractivity contribution in [3.8, 4) is 11.5 Å². The highest BCUT2D eigenvalue weighted by molar-refractivity contribution is 5.68. The van der Waals surface area contributed by atoms with Gasteiger partial charge in [-0.15, -0.1) is 0 Å². The molecule has 146 valence electrons. The van der Waals surface area contributed by atoms with E-state index in [9.17, 15) is 4.79 Å². The number of ether oxygens (including phenoxy) is 3. The second-order valence-corrected chi connectivity index (χ2v) is 7.15. The van der Waals surface area contributed by atoms with Crippen LogP contribution < -0.4 is 15.2 Å². The topological polar surface area (TPSA) is 74.0 Å². The normalized spacial score (nSPS) is 11.0. The number of benzene rings is 2. The van der Waals surface area contributed by atoms with E-state index in [-0.39, 0.29) is 12.7 Å². The average molecular weight is 372 g/mol. The van der Waals surface area contributed by atoms with Crippen molar-refractivity contribution < 1.29 is 19.0 Å². The molecule has 1 amide bonds. The Hall–Kier alpha value is -2.89. The smallest absolute Gasteiger partial charge is 0.410 e. The number of hydrogen-bond donors (Lipinski definition) is 1. The molecule has 2 rings (SSSR count). The monoisotopic (exact) mass is 372 g/mol. The molecule has 2 N–H and O–H groups in total. The Bertz CT molecular complexity index is 739. The first kappa shape index (κ1) is 20.4. The SMILES string of the molecule is COc1ccc(OCCN(C(=O)OCc2cccc(N)c2)C(C)(C)C)cc1. The van der Waals surface area contributed by atoms with Crippen LogP contribution in [0.2, 0.25) is 0 Å². The standard InChI is InChI=1S/C21H28N2O4/c1-21(2,3)23(12-13-26-19-10-8-18(25-4)9-11-19)20(24)27-15-16-6-5-7-17(22)14-16/h5-11,14H,12-13,15,22H2,1-4H3. The molecule has 27 heavy (non-hydrogen) atoms. The molecule has 0 unspecified atom stereocenters. The highest BCUT2D eigenvalue weighted by Gasteiger charge is 2.27. The molecule has 0 aliphatic rings. The lowest BCUT2D eigenvalue weighted by Gasteiger charge is -2.34. The fraction of sp³-hybridized carbons (Fsp3) is 0.381. The van der Waals surface area contributed by atoms with E-state index in [1.54, 1.807) is 24.1 Å². The Morgan fingerprint density at radius 2 is 1.74 bits per heavy atom. The fourth-order valence-electron chi connectivity index (χ4n) is 2.53. The third kappa shape index (κ3) is 6.40. The summed E-state index contributed by atoms with van der Waals surface area (Å²) in [6.07, 6.45) is -0.386. The van der Waals surface area contributed by atoms with E-state index in [2.05, 4.69) is 0 Å². The van der Waals surface area contributed by atoms with E-state index in [1.807, 2.05) is 57.2 Å². The zero-order valence-electron chi connectivity index (χ0n) is 16.4. The molecule has 2 aromatic carbocycles. The molecule has 6 nitrogen and oxygen atoms in total. The summed E-state index contributed by atoms with van der Waals surface area (Å²) >= 11 is 0. The van der Waals surface area contributed by atoms with Crippen LogP contribution in [-0.2, 0) is 11.3 Å². The van der Waals surface area contributed by atoms with Gasteiger partial charge in [-0.05, 0) is 62.7 Å².